The normalized spacial score (nSPS) is 11.2. The average Bonchev–Trinajstić information content (AvgIpc) is 3.07. The third kappa shape index (κ3) is 5.37. The zero-order chi connectivity index (χ0) is 19.2. The van der Waals surface area contributed by atoms with Gasteiger partial charge < -0.3 is 20.5 Å². The van der Waals surface area contributed by atoms with E-state index in [-0.39, 0.29) is 29.8 Å². The van der Waals surface area contributed by atoms with Crippen LogP contribution in [0.3, 0.4) is 0 Å². The number of H-pyrrole nitrogens is 1. The highest BCUT2D eigenvalue weighted by Gasteiger charge is 2.07. The van der Waals surface area contributed by atoms with Crippen molar-refractivity contribution in [2.45, 2.75) is 13.0 Å². The Kier molecular flexibility index (Phi) is 8.10. The highest BCUT2D eigenvalue weighted by molar-refractivity contribution is 14.0. The molecule has 0 spiro atoms. The Bertz CT molecular complexity index is 935. The monoisotopic (exact) mass is 495 g/mol. The Labute approximate surface area is 182 Å². The second-order valence-electron chi connectivity index (χ2n) is 6.64. The first kappa shape index (κ1) is 22.0. The molecule has 150 valence electrons. The smallest absolute Gasteiger partial charge is 0.191 e. The molecule has 5 nitrogen and oxygen atoms in total. The number of para-hydroxylation sites is 1. The van der Waals surface area contributed by atoms with Crippen molar-refractivity contribution >= 4 is 46.5 Å². The van der Waals surface area contributed by atoms with Gasteiger partial charge >= 0.3 is 0 Å². The number of fused-ring (bicyclic) bond motifs is 1. The van der Waals surface area contributed by atoms with Gasteiger partial charge in [0, 0.05) is 51.3 Å². The molecule has 0 aliphatic carbocycles. The molecule has 0 amide bonds. The van der Waals surface area contributed by atoms with E-state index in [1.165, 1.54) is 10.9 Å². The molecular weight excluding hydrogens is 468 g/mol. The minimum Gasteiger partial charge on any atom is -0.375 e. The first-order valence-corrected chi connectivity index (χ1v) is 9.03. The van der Waals surface area contributed by atoms with Gasteiger partial charge in [-0.25, -0.2) is 4.39 Å². The largest absolute Gasteiger partial charge is 0.375 e. The third-order valence-electron chi connectivity index (χ3n) is 4.54. The van der Waals surface area contributed by atoms with Crippen LogP contribution in [0.25, 0.3) is 10.9 Å². The van der Waals surface area contributed by atoms with Gasteiger partial charge in [-0.15, -0.1) is 24.0 Å². The maximum Gasteiger partial charge on any atom is 0.191 e. The number of aromatic amines is 1. The summed E-state index contributed by atoms with van der Waals surface area (Å²) in [5.41, 5.74) is 3.88. The SMILES string of the molecule is CN=C(NCCc1c[nH]c2ccccc12)NCc1ccc(N(C)C)c(F)c1.I. The van der Waals surface area contributed by atoms with Crippen LogP contribution in [0.5, 0.6) is 0 Å². The molecule has 0 atom stereocenters. The quantitative estimate of drug-likeness (QED) is 0.276. The second-order valence-corrected chi connectivity index (χ2v) is 6.64. The van der Waals surface area contributed by atoms with Gasteiger partial charge in [0.15, 0.2) is 5.96 Å². The Morgan fingerprint density at radius 2 is 1.93 bits per heavy atom. The van der Waals surface area contributed by atoms with Crippen molar-refractivity contribution in [1.29, 1.82) is 0 Å². The van der Waals surface area contributed by atoms with E-state index in [2.05, 4.69) is 38.9 Å². The summed E-state index contributed by atoms with van der Waals surface area (Å²) in [7, 11) is 5.39. The zero-order valence-electron chi connectivity index (χ0n) is 16.4. The van der Waals surface area contributed by atoms with Crippen molar-refractivity contribution in [3.8, 4) is 0 Å². The molecule has 0 radical (unpaired) electrons. The van der Waals surface area contributed by atoms with Crippen molar-refractivity contribution in [3.63, 3.8) is 0 Å². The van der Waals surface area contributed by atoms with Crippen molar-refractivity contribution < 1.29 is 4.39 Å². The maximum absolute atomic E-state index is 14.1. The maximum atomic E-state index is 14.1. The van der Waals surface area contributed by atoms with Crippen LogP contribution in [0.2, 0.25) is 0 Å². The lowest BCUT2D eigenvalue weighted by Crippen LogP contribution is -2.37. The van der Waals surface area contributed by atoms with E-state index in [0.29, 0.717) is 18.2 Å². The average molecular weight is 495 g/mol. The van der Waals surface area contributed by atoms with Gasteiger partial charge in [0.25, 0.3) is 0 Å². The fourth-order valence-electron chi connectivity index (χ4n) is 3.08. The first-order valence-electron chi connectivity index (χ1n) is 9.03. The molecule has 0 saturated heterocycles. The molecule has 3 aromatic rings. The number of nitrogens with one attached hydrogen (secondary N) is 3. The Morgan fingerprint density at radius 1 is 1.14 bits per heavy atom. The molecule has 3 N–H and O–H groups in total. The predicted octanol–water partition coefficient (Wildman–Crippen LogP) is 3.90. The van der Waals surface area contributed by atoms with Crippen LogP contribution in [-0.2, 0) is 13.0 Å². The Morgan fingerprint density at radius 3 is 2.64 bits per heavy atom. The van der Waals surface area contributed by atoms with Gasteiger partial charge in [-0.1, -0.05) is 24.3 Å². The Balaban J connectivity index is 0.00000280. The zero-order valence-corrected chi connectivity index (χ0v) is 18.8. The molecular formula is C21H27FIN5. The van der Waals surface area contributed by atoms with Crippen LogP contribution in [-0.4, -0.2) is 38.6 Å². The van der Waals surface area contributed by atoms with Gasteiger partial charge in [-0.05, 0) is 35.7 Å². The van der Waals surface area contributed by atoms with Crippen LogP contribution in [0.4, 0.5) is 10.1 Å². The summed E-state index contributed by atoms with van der Waals surface area (Å²) >= 11 is 0. The number of nitrogens with zero attached hydrogens (tertiary/aromatic N) is 2. The van der Waals surface area contributed by atoms with Crippen molar-refractivity contribution in [2.24, 2.45) is 4.99 Å². The number of benzene rings is 2. The molecule has 0 fully saturated rings. The number of anilines is 1. The lowest BCUT2D eigenvalue weighted by molar-refractivity contribution is 0.623. The molecule has 28 heavy (non-hydrogen) atoms. The van der Waals surface area contributed by atoms with Gasteiger partial charge in [0.2, 0.25) is 0 Å². The molecule has 0 bridgehead atoms. The summed E-state index contributed by atoms with van der Waals surface area (Å²) in [5, 5.41) is 7.79. The van der Waals surface area contributed by atoms with Gasteiger partial charge in [0.05, 0.1) is 5.69 Å². The molecule has 1 aromatic heterocycles. The van der Waals surface area contributed by atoms with Crippen LogP contribution in [0.15, 0.2) is 53.7 Å². The summed E-state index contributed by atoms with van der Waals surface area (Å²) in [6.45, 7) is 1.27. The van der Waals surface area contributed by atoms with Gasteiger partial charge in [-0.3, -0.25) is 4.99 Å². The third-order valence-corrected chi connectivity index (χ3v) is 4.54. The number of halogens is 2. The fraction of sp³-hybridized carbons (Fsp3) is 0.286. The minimum atomic E-state index is -0.221. The summed E-state index contributed by atoms with van der Waals surface area (Å²) in [4.78, 5) is 9.29. The number of aromatic nitrogens is 1. The van der Waals surface area contributed by atoms with E-state index in [1.54, 1.807) is 24.1 Å². The number of rotatable bonds is 6. The highest BCUT2D eigenvalue weighted by Crippen LogP contribution is 2.18. The van der Waals surface area contributed by atoms with E-state index < -0.39 is 0 Å². The number of hydrogen-bond acceptors (Lipinski definition) is 2. The lowest BCUT2D eigenvalue weighted by atomic mass is 10.1. The number of hydrogen-bond donors (Lipinski definition) is 3. The molecule has 1 heterocycles. The molecule has 0 unspecified atom stereocenters. The van der Waals surface area contributed by atoms with E-state index in [0.717, 1.165) is 24.0 Å². The molecule has 0 aliphatic heterocycles. The van der Waals surface area contributed by atoms with E-state index >= 15 is 0 Å². The Hall–Kier alpha value is -2.29. The summed E-state index contributed by atoms with van der Waals surface area (Å²) in [6.07, 6.45) is 2.94. The molecule has 0 aliphatic rings. The van der Waals surface area contributed by atoms with Crippen LogP contribution in [0.1, 0.15) is 11.1 Å². The first-order chi connectivity index (χ1) is 13.1. The highest BCUT2D eigenvalue weighted by atomic mass is 127. The van der Waals surface area contributed by atoms with Crippen LogP contribution in [0, 0.1) is 5.82 Å². The molecule has 3 rings (SSSR count). The minimum absolute atomic E-state index is 0. The van der Waals surface area contributed by atoms with Gasteiger partial charge in [0.1, 0.15) is 5.82 Å². The topological polar surface area (TPSA) is 55.5 Å². The fourth-order valence-corrected chi connectivity index (χ4v) is 3.08. The lowest BCUT2D eigenvalue weighted by Gasteiger charge is -2.15. The van der Waals surface area contributed by atoms with Gasteiger partial charge in [-0.2, -0.15) is 0 Å². The summed E-state index contributed by atoms with van der Waals surface area (Å²) in [6, 6.07) is 13.5. The van der Waals surface area contributed by atoms with Crippen LogP contribution < -0.4 is 15.5 Å². The van der Waals surface area contributed by atoms with E-state index in [4.69, 9.17) is 0 Å². The van der Waals surface area contributed by atoms with Crippen molar-refractivity contribution in [3.05, 3.63) is 65.6 Å². The molecule has 0 saturated carbocycles. The van der Waals surface area contributed by atoms with E-state index in [1.807, 2.05) is 32.3 Å². The van der Waals surface area contributed by atoms with Crippen molar-refractivity contribution in [2.75, 3.05) is 32.6 Å². The number of aliphatic imine (C=N–C) groups is 1. The van der Waals surface area contributed by atoms with Crippen LogP contribution >= 0.6 is 24.0 Å². The van der Waals surface area contributed by atoms with Crippen molar-refractivity contribution in [1.82, 2.24) is 15.6 Å². The molecule has 7 heteroatoms. The van der Waals surface area contributed by atoms with E-state index in [9.17, 15) is 4.39 Å². The summed E-state index contributed by atoms with van der Waals surface area (Å²) < 4.78 is 14.1. The molecule has 2 aromatic carbocycles. The standard InChI is InChI=1S/C21H26FN5.HI/c1-23-21(26-13-15-8-9-20(27(2)3)18(22)12-15)24-11-10-16-14-25-19-7-5-4-6-17(16)19;/h4-9,12,14,25H,10-11,13H2,1-3H3,(H2,23,24,26);1H. The second kappa shape index (κ2) is 10.3. The predicted molar refractivity (Wildman–Crippen MR) is 126 cm³/mol. The summed E-state index contributed by atoms with van der Waals surface area (Å²) in [5.74, 6) is 0.480. The number of guanidine groups is 1.